The van der Waals surface area contributed by atoms with E-state index in [0.29, 0.717) is 18.3 Å². The molecule has 0 amide bonds. The second-order valence-corrected chi connectivity index (χ2v) is 5.53. The zero-order valence-corrected chi connectivity index (χ0v) is 12.6. The second kappa shape index (κ2) is 6.58. The molecular formula is C17H20N4O. The van der Waals surface area contributed by atoms with Crippen molar-refractivity contribution >= 4 is 5.65 Å². The monoisotopic (exact) mass is 296 g/mol. The minimum absolute atomic E-state index is 0.314. The fourth-order valence-electron chi connectivity index (χ4n) is 2.42. The van der Waals surface area contributed by atoms with E-state index in [-0.39, 0.29) is 0 Å². The van der Waals surface area contributed by atoms with Crippen molar-refractivity contribution in [1.29, 1.82) is 0 Å². The third kappa shape index (κ3) is 3.43. The maximum Gasteiger partial charge on any atom is 0.160 e. The van der Waals surface area contributed by atoms with Crippen LogP contribution in [0, 0.1) is 0 Å². The quantitative estimate of drug-likeness (QED) is 0.734. The lowest BCUT2D eigenvalue weighted by molar-refractivity contribution is 0.474. The number of nitrogens with zero attached hydrogens (tertiary/aromatic N) is 3. The van der Waals surface area contributed by atoms with Gasteiger partial charge in [-0.1, -0.05) is 18.2 Å². The van der Waals surface area contributed by atoms with Crippen LogP contribution >= 0.6 is 0 Å². The molecular weight excluding hydrogens is 276 g/mol. The summed E-state index contributed by atoms with van der Waals surface area (Å²) in [5, 5.41) is 21.1. The van der Waals surface area contributed by atoms with Gasteiger partial charge in [0.05, 0.1) is 6.54 Å². The van der Waals surface area contributed by atoms with Crippen LogP contribution in [0.25, 0.3) is 5.65 Å². The van der Waals surface area contributed by atoms with Gasteiger partial charge < -0.3 is 10.4 Å². The van der Waals surface area contributed by atoms with E-state index in [4.69, 9.17) is 0 Å². The fraction of sp³-hybridized carbons (Fsp3) is 0.294. The molecule has 5 heteroatoms. The van der Waals surface area contributed by atoms with E-state index < -0.39 is 0 Å². The number of phenolic OH excluding ortho intramolecular Hbond substituents is 1. The molecule has 0 aliphatic heterocycles. The Balaban J connectivity index is 1.52. The van der Waals surface area contributed by atoms with E-state index in [1.54, 1.807) is 12.1 Å². The summed E-state index contributed by atoms with van der Waals surface area (Å²) in [7, 11) is 0. The lowest BCUT2D eigenvalue weighted by atomic mass is 10.1. The molecule has 5 nitrogen and oxygen atoms in total. The molecule has 0 saturated carbocycles. The number of hydrogen-bond donors (Lipinski definition) is 2. The first-order valence-corrected chi connectivity index (χ1v) is 7.52. The van der Waals surface area contributed by atoms with Crippen LogP contribution in [0.4, 0.5) is 0 Å². The Morgan fingerprint density at radius 3 is 2.77 bits per heavy atom. The van der Waals surface area contributed by atoms with Gasteiger partial charge in [0, 0.05) is 12.2 Å². The maximum absolute atomic E-state index is 9.28. The van der Waals surface area contributed by atoms with Crippen LogP contribution in [0.15, 0.2) is 48.7 Å². The highest BCUT2D eigenvalue weighted by atomic mass is 16.3. The van der Waals surface area contributed by atoms with Crippen molar-refractivity contribution in [2.45, 2.75) is 32.4 Å². The van der Waals surface area contributed by atoms with Crippen LogP contribution in [-0.4, -0.2) is 25.7 Å². The van der Waals surface area contributed by atoms with E-state index in [1.165, 1.54) is 5.56 Å². The normalized spacial score (nSPS) is 12.6. The highest BCUT2D eigenvalue weighted by Gasteiger charge is 2.07. The molecule has 1 aromatic carbocycles. The minimum Gasteiger partial charge on any atom is -0.508 e. The van der Waals surface area contributed by atoms with Gasteiger partial charge in [-0.25, -0.2) is 0 Å². The van der Waals surface area contributed by atoms with Crippen molar-refractivity contribution in [2.24, 2.45) is 0 Å². The summed E-state index contributed by atoms with van der Waals surface area (Å²) in [5.41, 5.74) is 2.11. The number of nitrogens with one attached hydrogen (secondary N) is 1. The summed E-state index contributed by atoms with van der Waals surface area (Å²) in [4.78, 5) is 0. The highest BCUT2D eigenvalue weighted by Crippen LogP contribution is 2.12. The first-order valence-electron chi connectivity index (χ1n) is 7.52. The fourth-order valence-corrected chi connectivity index (χ4v) is 2.42. The van der Waals surface area contributed by atoms with Crippen LogP contribution in [0.1, 0.15) is 24.7 Å². The molecule has 1 unspecified atom stereocenters. The van der Waals surface area contributed by atoms with Crippen molar-refractivity contribution in [3.8, 4) is 5.75 Å². The molecule has 1 atom stereocenters. The predicted molar refractivity (Wildman–Crippen MR) is 85.7 cm³/mol. The Morgan fingerprint density at radius 1 is 1.14 bits per heavy atom. The van der Waals surface area contributed by atoms with Crippen LogP contribution in [-0.2, 0) is 13.0 Å². The zero-order valence-electron chi connectivity index (χ0n) is 12.6. The standard InChI is InChI=1S/C17H20N4O/c1-13(5-6-14-7-9-15(22)10-8-14)18-12-17-20-19-16-4-2-3-11-21(16)17/h2-4,7-11,13,18,22H,5-6,12H2,1H3. The average molecular weight is 296 g/mol. The lowest BCUT2D eigenvalue weighted by Gasteiger charge is -2.13. The minimum atomic E-state index is 0.314. The molecule has 114 valence electrons. The third-order valence-corrected chi connectivity index (χ3v) is 3.80. The Morgan fingerprint density at radius 2 is 1.95 bits per heavy atom. The van der Waals surface area contributed by atoms with Crippen molar-refractivity contribution < 1.29 is 5.11 Å². The summed E-state index contributed by atoms with van der Waals surface area (Å²) < 4.78 is 2.00. The van der Waals surface area contributed by atoms with Crippen molar-refractivity contribution in [1.82, 2.24) is 19.9 Å². The van der Waals surface area contributed by atoms with Gasteiger partial charge in [-0.05, 0) is 49.6 Å². The molecule has 0 spiro atoms. The average Bonchev–Trinajstić information content (AvgIpc) is 2.96. The lowest BCUT2D eigenvalue weighted by Crippen LogP contribution is -2.27. The Kier molecular flexibility index (Phi) is 4.34. The molecule has 3 aromatic rings. The predicted octanol–water partition coefficient (Wildman–Crippen LogP) is 2.55. The second-order valence-electron chi connectivity index (χ2n) is 5.53. The van der Waals surface area contributed by atoms with Gasteiger partial charge in [0.25, 0.3) is 0 Å². The molecule has 0 saturated heterocycles. The number of aryl methyl sites for hydroxylation is 1. The molecule has 0 aliphatic carbocycles. The van der Waals surface area contributed by atoms with E-state index >= 15 is 0 Å². The summed E-state index contributed by atoms with van der Waals surface area (Å²) in [6.07, 6.45) is 3.99. The Bertz CT molecular complexity index is 736. The van der Waals surface area contributed by atoms with Gasteiger partial charge in [0.1, 0.15) is 5.75 Å². The smallest absolute Gasteiger partial charge is 0.160 e. The van der Waals surface area contributed by atoms with Gasteiger partial charge in [-0.3, -0.25) is 4.40 Å². The molecule has 0 aliphatic rings. The number of phenols is 1. The van der Waals surface area contributed by atoms with Crippen molar-refractivity contribution in [2.75, 3.05) is 0 Å². The number of aromatic hydroxyl groups is 1. The number of fused-ring (bicyclic) bond motifs is 1. The van der Waals surface area contributed by atoms with Gasteiger partial charge >= 0.3 is 0 Å². The highest BCUT2D eigenvalue weighted by molar-refractivity contribution is 5.36. The maximum atomic E-state index is 9.28. The van der Waals surface area contributed by atoms with Crippen LogP contribution < -0.4 is 5.32 Å². The molecule has 3 rings (SSSR count). The molecule has 0 radical (unpaired) electrons. The molecule has 22 heavy (non-hydrogen) atoms. The van der Waals surface area contributed by atoms with E-state index in [0.717, 1.165) is 24.3 Å². The summed E-state index contributed by atoms with van der Waals surface area (Å²) >= 11 is 0. The molecule has 0 fully saturated rings. The third-order valence-electron chi connectivity index (χ3n) is 3.80. The SMILES string of the molecule is CC(CCc1ccc(O)cc1)NCc1nnc2ccccn12. The molecule has 2 heterocycles. The number of benzene rings is 1. The Hall–Kier alpha value is -2.40. The first-order chi connectivity index (χ1) is 10.7. The topological polar surface area (TPSA) is 62.5 Å². The number of rotatable bonds is 6. The van der Waals surface area contributed by atoms with E-state index in [9.17, 15) is 5.11 Å². The van der Waals surface area contributed by atoms with E-state index in [2.05, 4.69) is 22.4 Å². The number of pyridine rings is 1. The molecule has 0 bridgehead atoms. The van der Waals surface area contributed by atoms with Crippen molar-refractivity contribution in [3.63, 3.8) is 0 Å². The van der Waals surface area contributed by atoms with Crippen molar-refractivity contribution in [3.05, 3.63) is 60.0 Å². The number of aromatic nitrogens is 3. The summed E-state index contributed by atoms with van der Waals surface area (Å²) in [6, 6.07) is 13.7. The largest absolute Gasteiger partial charge is 0.508 e. The van der Waals surface area contributed by atoms with Gasteiger partial charge in [0.2, 0.25) is 0 Å². The van der Waals surface area contributed by atoms with Crippen LogP contribution in [0.2, 0.25) is 0 Å². The van der Waals surface area contributed by atoms with Crippen LogP contribution in [0.3, 0.4) is 0 Å². The summed E-state index contributed by atoms with van der Waals surface area (Å²) in [5.74, 6) is 1.24. The first kappa shape index (κ1) is 14.5. The van der Waals surface area contributed by atoms with Gasteiger partial charge in [-0.2, -0.15) is 0 Å². The molecule has 2 aromatic heterocycles. The van der Waals surface area contributed by atoms with E-state index in [1.807, 2.05) is 40.9 Å². The zero-order chi connectivity index (χ0) is 15.4. The van der Waals surface area contributed by atoms with Gasteiger partial charge in [-0.15, -0.1) is 10.2 Å². The van der Waals surface area contributed by atoms with Crippen LogP contribution in [0.5, 0.6) is 5.75 Å². The molecule has 2 N–H and O–H groups in total. The Labute approximate surface area is 129 Å². The number of hydrogen-bond acceptors (Lipinski definition) is 4. The van der Waals surface area contributed by atoms with Gasteiger partial charge in [0.15, 0.2) is 11.5 Å². The summed E-state index contributed by atoms with van der Waals surface area (Å²) in [6.45, 7) is 2.87.